The van der Waals surface area contributed by atoms with Gasteiger partial charge in [0.15, 0.2) is 0 Å². The summed E-state index contributed by atoms with van der Waals surface area (Å²) in [4.78, 5) is 25.0. The largest absolute Gasteiger partial charge is 0.456 e. The van der Waals surface area contributed by atoms with E-state index in [1.807, 2.05) is 0 Å². The lowest BCUT2D eigenvalue weighted by atomic mass is 9.54. The molecular weight excluding hydrogens is 352 g/mol. The summed E-state index contributed by atoms with van der Waals surface area (Å²) in [6.07, 6.45) is 16.7. The zero-order valence-electron chi connectivity index (χ0n) is 16.7. The van der Waals surface area contributed by atoms with Gasteiger partial charge < -0.3 is 9.47 Å². The zero-order valence-corrected chi connectivity index (χ0v) is 16.7. The molecular formula is C24H32O4. The normalized spacial score (nSPS) is 50.3. The van der Waals surface area contributed by atoms with Gasteiger partial charge in [0.05, 0.1) is 0 Å². The first-order chi connectivity index (χ1) is 13.5. The van der Waals surface area contributed by atoms with E-state index in [4.69, 9.17) is 9.47 Å². The Morgan fingerprint density at radius 2 is 0.786 bits per heavy atom. The van der Waals surface area contributed by atoms with E-state index < -0.39 is 0 Å². The van der Waals surface area contributed by atoms with Gasteiger partial charge in [0.1, 0.15) is 11.2 Å². The molecule has 0 aliphatic heterocycles. The lowest BCUT2D eigenvalue weighted by Gasteiger charge is -2.55. The quantitative estimate of drug-likeness (QED) is 0.526. The van der Waals surface area contributed by atoms with Crippen molar-refractivity contribution in [1.29, 1.82) is 0 Å². The van der Waals surface area contributed by atoms with Crippen LogP contribution in [0, 0.1) is 35.5 Å². The van der Waals surface area contributed by atoms with E-state index in [-0.39, 0.29) is 23.1 Å². The van der Waals surface area contributed by atoms with Crippen LogP contribution in [0.25, 0.3) is 0 Å². The lowest BCUT2D eigenvalue weighted by Crippen LogP contribution is -2.52. The van der Waals surface area contributed by atoms with Crippen LogP contribution in [-0.4, -0.2) is 23.1 Å². The van der Waals surface area contributed by atoms with Gasteiger partial charge in [0, 0.05) is 12.2 Å². The van der Waals surface area contributed by atoms with Gasteiger partial charge in [-0.25, -0.2) is 9.59 Å². The summed E-state index contributed by atoms with van der Waals surface area (Å²) >= 11 is 0. The van der Waals surface area contributed by atoms with Crippen LogP contribution in [0.5, 0.6) is 0 Å². The number of carbonyl (C=O) groups is 2. The van der Waals surface area contributed by atoms with Crippen molar-refractivity contribution in [3.05, 3.63) is 12.2 Å². The molecule has 152 valence electrons. The highest BCUT2D eigenvalue weighted by molar-refractivity contribution is 5.92. The molecule has 0 aromatic rings. The van der Waals surface area contributed by atoms with Crippen LogP contribution < -0.4 is 0 Å². The Hall–Kier alpha value is -1.32. The first-order valence-electron chi connectivity index (χ1n) is 11.6. The maximum atomic E-state index is 12.5. The minimum atomic E-state index is -0.357. The van der Waals surface area contributed by atoms with Crippen LogP contribution >= 0.6 is 0 Å². The number of hydrogen-bond acceptors (Lipinski definition) is 4. The van der Waals surface area contributed by atoms with Crippen molar-refractivity contribution in [3.8, 4) is 0 Å². The third-order valence-corrected chi connectivity index (χ3v) is 8.95. The van der Waals surface area contributed by atoms with E-state index >= 15 is 0 Å². The molecule has 8 saturated carbocycles. The molecule has 8 fully saturated rings. The Morgan fingerprint density at radius 3 is 1.04 bits per heavy atom. The average Bonchev–Trinajstić information content (AvgIpc) is 2.56. The van der Waals surface area contributed by atoms with Crippen molar-refractivity contribution in [2.45, 2.75) is 88.3 Å². The van der Waals surface area contributed by atoms with Crippen LogP contribution in [0.2, 0.25) is 0 Å². The van der Waals surface area contributed by atoms with Crippen molar-refractivity contribution < 1.29 is 19.1 Å². The molecule has 0 heterocycles. The summed E-state index contributed by atoms with van der Waals surface area (Å²) in [7, 11) is 0. The molecule has 8 aliphatic rings. The Kier molecular flexibility index (Phi) is 3.81. The van der Waals surface area contributed by atoms with Crippen molar-refractivity contribution in [2.24, 2.45) is 35.5 Å². The third kappa shape index (κ3) is 3.02. The van der Waals surface area contributed by atoms with Crippen molar-refractivity contribution in [3.63, 3.8) is 0 Å². The molecule has 0 saturated heterocycles. The zero-order chi connectivity index (χ0) is 18.9. The van der Waals surface area contributed by atoms with Crippen molar-refractivity contribution in [2.75, 3.05) is 0 Å². The molecule has 0 unspecified atom stereocenters. The predicted molar refractivity (Wildman–Crippen MR) is 103 cm³/mol. The Bertz CT molecular complexity index is 590. The van der Waals surface area contributed by atoms with Gasteiger partial charge >= 0.3 is 11.9 Å². The topological polar surface area (TPSA) is 52.6 Å². The summed E-state index contributed by atoms with van der Waals surface area (Å²) in [5.41, 5.74) is -0.500. The summed E-state index contributed by atoms with van der Waals surface area (Å²) in [5.74, 6) is 3.73. The minimum absolute atomic E-state index is 0.250. The minimum Gasteiger partial charge on any atom is -0.456 e. The summed E-state index contributed by atoms with van der Waals surface area (Å²) in [6.45, 7) is 0. The molecule has 4 heteroatoms. The highest BCUT2D eigenvalue weighted by Gasteiger charge is 2.54. The van der Waals surface area contributed by atoms with E-state index in [0.29, 0.717) is 0 Å². The van der Waals surface area contributed by atoms with Crippen LogP contribution in [0.1, 0.15) is 77.0 Å². The van der Waals surface area contributed by atoms with Gasteiger partial charge in [-0.1, -0.05) is 0 Å². The summed E-state index contributed by atoms with van der Waals surface area (Å²) in [6, 6.07) is 0. The molecule has 8 rings (SSSR count). The third-order valence-electron chi connectivity index (χ3n) is 8.95. The van der Waals surface area contributed by atoms with E-state index in [9.17, 15) is 9.59 Å². The molecule has 8 bridgehead atoms. The van der Waals surface area contributed by atoms with Gasteiger partial charge in [0.25, 0.3) is 0 Å². The van der Waals surface area contributed by atoms with Crippen LogP contribution in [0.4, 0.5) is 0 Å². The van der Waals surface area contributed by atoms with Gasteiger partial charge in [-0.15, -0.1) is 0 Å². The van der Waals surface area contributed by atoms with Crippen LogP contribution in [0.15, 0.2) is 12.2 Å². The summed E-state index contributed by atoms with van der Waals surface area (Å²) < 4.78 is 11.9. The highest BCUT2D eigenvalue weighted by Crippen LogP contribution is 2.58. The maximum absolute atomic E-state index is 12.5. The second kappa shape index (κ2) is 6.09. The van der Waals surface area contributed by atoms with Gasteiger partial charge in [0.2, 0.25) is 0 Å². The van der Waals surface area contributed by atoms with E-state index in [0.717, 1.165) is 74.0 Å². The standard InChI is InChI=1S/C24H32O4/c25-21(27-23-9-15-3-16(10-23)5-17(4-15)11-23)1-2-22(26)28-24-12-18-6-19(13-24)8-20(7-18)14-24/h1-2,15-20H,3-14H2/b2-1-. The monoisotopic (exact) mass is 384 g/mol. The molecule has 0 spiro atoms. The van der Waals surface area contributed by atoms with Gasteiger partial charge in [-0.2, -0.15) is 0 Å². The molecule has 0 aromatic carbocycles. The molecule has 28 heavy (non-hydrogen) atoms. The molecule has 8 aliphatic carbocycles. The fraction of sp³-hybridized carbons (Fsp3) is 0.833. The molecule has 0 atom stereocenters. The molecule has 4 nitrogen and oxygen atoms in total. The molecule has 0 aromatic heterocycles. The number of hydrogen-bond donors (Lipinski definition) is 0. The van der Waals surface area contributed by atoms with E-state index in [1.54, 1.807) is 0 Å². The predicted octanol–water partition coefficient (Wildman–Crippen LogP) is 4.57. The van der Waals surface area contributed by atoms with E-state index in [2.05, 4.69) is 0 Å². The Labute approximate surface area is 167 Å². The number of carbonyl (C=O) groups excluding carboxylic acids is 2. The molecule has 0 N–H and O–H groups in total. The number of ether oxygens (including phenoxy) is 2. The smallest absolute Gasteiger partial charge is 0.331 e. The fourth-order valence-electron chi connectivity index (χ4n) is 8.94. The fourth-order valence-corrected chi connectivity index (χ4v) is 8.94. The second-order valence-corrected chi connectivity index (χ2v) is 11.4. The molecule has 0 radical (unpaired) electrons. The first-order valence-corrected chi connectivity index (χ1v) is 11.6. The van der Waals surface area contributed by atoms with Gasteiger partial charge in [-0.3, -0.25) is 0 Å². The van der Waals surface area contributed by atoms with Crippen molar-refractivity contribution >= 4 is 11.9 Å². The number of esters is 2. The van der Waals surface area contributed by atoms with Crippen LogP contribution in [-0.2, 0) is 19.1 Å². The first kappa shape index (κ1) is 17.5. The lowest BCUT2D eigenvalue weighted by molar-refractivity contribution is -0.183. The van der Waals surface area contributed by atoms with Gasteiger partial charge in [-0.05, 0) is 113 Å². The maximum Gasteiger partial charge on any atom is 0.331 e. The van der Waals surface area contributed by atoms with Crippen molar-refractivity contribution in [1.82, 2.24) is 0 Å². The van der Waals surface area contributed by atoms with Crippen LogP contribution in [0.3, 0.4) is 0 Å². The molecule has 0 amide bonds. The summed E-state index contributed by atoms with van der Waals surface area (Å²) in [5, 5.41) is 0. The average molecular weight is 385 g/mol. The second-order valence-electron chi connectivity index (χ2n) is 11.4. The highest BCUT2D eigenvalue weighted by atomic mass is 16.6. The Balaban J connectivity index is 1.07. The Morgan fingerprint density at radius 1 is 0.536 bits per heavy atom. The SMILES string of the molecule is O=C(/C=C\C(=O)OC12CC3CC(CC(C3)C1)C2)OC12CC3CC(CC(C3)C1)C2. The van der Waals surface area contributed by atoms with E-state index in [1.165, 1.54) is 50.7 Å². The number of rotatable bonds is 4.